The average molecular weight is 863 g/mol. The van der Waals surface area contributed by atoms with E-state index in [0.29, 0.717) is 0 Å². The average Bonchev–Trinajstić information content (AvgIpc) is 3.41. The summed E-state index contributed by atoms with van der Waals surface area (Å²) in [5.41, 5.74) is 16.9. The highest BCUT2D eigenvalue weighted by Gasteiger charge is 2.20. The van der Waals surface area contributed by atoms with E-state index in [1.165, 1.54) is 121 Å². The van der Waals surface area contributed by atoms with Crippen molar-refractivity contribution in [2.75, 3.05) is 0 Å². The molecule has 0 amide bonds. The maximum Gasteiger partial charge on any atom is -0.00141 e. The maximum atomic E-state index is 2.32. The Kier molecular flexibility index (Phi) is 10.7. The van der Waals surface area contributed by atoms with E-state index in [9.17, 15) is 0 Å². The van der Waals surface area contributed by atoms with Gasteiger partial charge in [-0.3, -0.25) is 0 Å². The van der Waals surface area contributed by atoms with Crippen molar-refractivity contribution in [1.82, 2.24) is 0 Å². The van der Waals surface area contributed by atoms with Crippen molar-refractivity contribution in [3.05, 3.63) is 277 Å². The lowest BCUT2D eigenvalue weighted by molar-refractivity contribution is 1.58. The van der Waals surface area contributed by atoms with Crippen LogP contribution >= 0.6 is 0 Å². The van der Waals surface area contributed by atoms with E-state index in [1.54, 1.807) is 0 Å². The van der Waals surface area contributed by atoms with Gasteiger partial charge in [0.25, 0.3) is 0 Å². The summed E-state index contributed by atoms with van der Waals surface area (Å²) in [4.78, 5) is 0. The molecule has 0 saturated heterocycles. The molecule has 0 spiro atoms. The summed E-state index contributed by atoms with van der Waals surface area (Å²) >= 11 is 0. The maximum absolute atomic E-state index is 2.32. The van der Waals surface area contributed by atoms with Crippen LogP contribution < -0.4 is 0 Å². The molecule has 0 fully saturated rings. The molecule has 0 aliphatic carbocycles. The minimum absolute atomic E-state index is 1.17. The Morgan fingerprint density at radius 2 is 0.618 bits per heavy atom. The second-order valence-electron chi connectivity index (χ2n) is 17.6. The van der Waals surface area contributed by atoms with Crippen molar-refractivity contribution in [2.24, 2.45) is 0 Å². The van der Waals surface area contributed by atoms with Gasteiger partial charge >= 0.3 is 0 Å². The van der Waals surface area contributed by atoms with Gasteiger partial charge in [-0.05, 0) is 133 Å². The molecule has 0 unspecified atom stereocenters. The topological polar surface area (TPSA) is 0 Å². The lowest BCUT2D eigenvalue weighted by atomic mass is 9.82. The number of benzene rings is 12. The lowest BCUT2D eigenvalue weighted by Crippen LogP contribution is -1.93. The molecule has 0 N–H and O–H groups in total. The molecule has 318 valence electrons. The zero-order valence-electron chi connectivity index (χ0n) is 37.6. The zero-order chi connectivity index (χ0) is 45.2. The van der Waals surface area contributed by atoms with Crippen molar-refractivity contribution in [3.63, 3.8) is 0 Å². The minimum Gasteiger partial charge on any atom is -0.0622 e. The Morgan fingerprint density at radius 1 is 0.221 bits per heavy atom. The fourth-order valence-electron chi connectivity index (χ4n) is 10.2. The first-order valence-corrected chi connectivity index (χ1v) is 23.5. The Balaban J connectivity index is 0.922. The van der Waals surface area contributed by atoms with Gasteiger partial charge in [-0.25, -0.2) is 0 Å². The molecule has 0 aliphatic rings. The summed E-state index contributed by atoms with van der Waals surface area (Å²) in [5.74, 6) is 0. The van der Waals surface area contributed by atoms with Crippen molar-refractivity contribution in [1.29, 1.82) is 0 Å². The van der Waals surface area contributed by atoms with Crippen molar-refractivity contribution < 1.29 is 0 Å². The summed E-state index contributed by atoms with van der Waals surface area (Å²) in [6, 6.07) is 92.9. The molecule has 68 heavy (non-hydrogen) atoms. The molecule has 0 saturated carbocycles. The third kappa shape index (κ3) is 7.79. The molecule has 12 rings (SSSR count). The third-order valence-corrected chi connectivity index (χ3v) is 13.5. The summed E-state index contributed by atoms with van der Waals surface area (Å²) < 4.78 is 0. The monoisotopic (exact) mass is 862 g/mol. The Hall–Kier alpha value is -8.84. The predicted molar refractivity (Wildman–Crippen MR) is 294 cm³/mol. The van der Waals surface area contributed by atoms with E-state index in [0.717, 1.165) is 0 Å². The second-order valence-corrected chi connectivity index (χ2v) is 17.6. The van der Waals surface area contributed by atoms with Gasteiger partial charge in [0.15, 0.2) is 0 Å². The highest BCUT2D eigenvalue weighted by molar-refractivity contribution is 6.24. The number of hydrogen-bond acceptors (Lipinski definition) is 0. The summed E-state index contributed by atoms with van der Waals surface area (Å²) in [5, 5.41) is 10.0. The van der Waals surface area contributed by atoms with E-state index in [1.807, 2.05) is 0 Å². The van der Waals surface area contributed by atoms with Crippen molar-refractivity contribution in [3.8, 4) is 55.6 Å². The van der Waals surface area contributed by atoms with Crippen LogP contribution in [-0.4, -0.2) is 0 Å². The highest BCUT2D eigenvalue weighted by atomic mass is 14.2. The molecule has 0 atom stereocenters. The molecular formula is C68H46. The van der Waals surface area contributed by atoms with Gasteiger partial charge in [-0.15, -0.1) is 0 Å². The number of hydrogen-bond donors (Lipinski definition) is 0. The predicted octanol–water partition coefficient (Wildman–Crippen LogP) is 19.0. The first-order valence-electron chi connectivity index (χ1n) is 23.5. The first-order chi connectivity index (χ1) is 33.7. The van der Waals surface area contributed by atoms with Gasteiger partial charge in [-0.1, -0.05) is 267 Å². The normalized spacial score (nSPS) is 11.7. The molecule has 0 heterocycles. The SMILES string of the molecule is C(=C\c1cccc2ccccc12)/c1cccc(-c2ccc(-c3c4ccccc4c(-c4ccc(-c5cccc(/C=C/c6cccc7ccccc67)c5)cc4)c4c(-c5ccccc5)cccc34)cc2)c1. The standard InChI is InChI=1S/C68H46/c1-2-17-53(18-3-1)62-31-14-32-65-66(56-41-37-49(38-42-56)58-25-10-15-47(45-58)33-35-54-23-12-21-51-19-4-6-27-60(51)54)63-29-8-9-30-64(63)67(68(62)65)57-43-39-50(40-44-57)59-26-11-16-48(46-59)34-36-55-24-13-22-52-20-5-7-28-61(52)55/h1-46H/b35-33+,36-34+. The van der Waals surface area contributed by atoms with Crippen LogP contribution in [0.2, 0.25) is 0 Å². The van der Waals surface area contributed by atoms with E-state index in [-0.39, 0.29) is 0 Å². The second kappa shape index (κ2) is 17.9. The largest absolute Gasteiger partial charge is 0.0622 e. The van der Waals surface area contributed by atoms with Crippen LogP contribution in [0.5, 0.6) is 0 Å². The molecule has 12 aromatic carbocycles. The summed E-state index contributed by atoms with van der Waals surface area (Å²) in [6.07, 6.45) is 8.91. The van der Waals surface area contributed by atoms with E-state index >= 15 is 0 Å². The summed E-state index contributed by atoms with van der Waals surface area (Å²) in [6.45, 7) is 0. The van der Waals surface area contributed by atoms with Gasteiger partial charge < -0.3 is 0 Å². The van der Waals surface area contributed by atoms with Gasteiger partial charge in [0.05, 0.1) is 0 Å². The van der Waals surface area contributed by atoms with Crippen LogP contribution in [0.25, 0.3) is 123 Å². The quantitative estimate of drug-likeness (QED) is 0.100. The van der Waals surface area contributed by atoms with E-state index < -0.39 is 0 Å². The van der Waals surface area contributed by atoms with Gasteiger partial charge in [0.1, 0.15) is 0 Å². The van der Waals surface area contributed by atoms with Crippen molar-refractivity contribution >= 4 is 67.4 Å². The third-order valence-electron chi connectivity index (χ3n) is 13.5. The molecule has 0 heteroatoms. The fraction of sp³-hybridized carbons (Fsp3) is 0. The molecule has 12 aromatic rings. The van der Waals surface area contributed by atoms with Gasteiger partial charge in [-0.2, -0.15) is 0 Å². The Morgan fingerprint density at radius 3 is 1.18 bits per heavy atom. The van der Waals surface area contributed by atoms with E-state index in [2.05, 4.69) is 279 Å². The number of fused-ring (bicyclic) bond motifs is 4. The van der Waals surface area contributed by atoms with Gasteiger partial charge in [0, 0.05) is 0 Å². The fourth-order valence-corrected chi connectivity index (χ4v) is 10.2. The van der Waals surface area contributed by atoms with Crippen LogP contribution in [0.3, 0.4) is 0 Å². The molecule has 0 bridgehead atoms. The molecule has 0 radical (unpaired) electrons. The molecule has 0 nitrogen and oxygen atoms in total. The molecule has 0 aliphatic heterocycles. The Bertz CT molecular complexity index is 3860. The van der Waals surface area contributed by atoms with Crippen LogP contribution in [-0.2, 0) is 0 Å². The van der Waals surface area contributed by atoms with Crippen molar-refractivity contribution in [2.45, 2.75) is 0 Å². The van der Waals surface area contributed by atoms with Crippen LogP contribution in [0.15, 0.2) is 255 Å². The van der Waals surface area contributed by atoms with Crippen LogP contribution in [0.1, 0.15) is 22.3 Å². The first kappa shape index (κ1) is 40.7. The minimum atomic E-state index is 1.17. The molecular weight excluding hydrogens is 817 g/mol. The van der Waals surface area contributed by atoms with Crippen LogP contribution in [0.4, 0.5) is 0 Å². The Labute approximate surface area is 398 Å². The van der Waals surface area contributed by atoms with Gasteiger partial charge in [0.2, 0.25) is 0 Å². The van der Waals surface area contributed by atoms with E-state index in [4.69, 9.17) is 0 Å². The zero-order valence-corrected chi connectivity index (χ0v) is 37.6. The molecule has 0 aromatic heterocycles. The highest BCUT2D eigenvalue weighted by Crippen LogP contribution is 2.47. The lowest BCUT2D eigenvalue weighted by Gasteiger charge is -2.20. The summed E-state index contributed by atoms with van der Waals surface area (Å²) in [7, 11) is 0. The number of rotatable bonds is 9. The van der Waals surface area contributed by atoms with Crippen LogP contribution in [0, 0.1) is 0 Å². The smallest absolute Gasteiger partial charge is 0.00141 e.